The van der Waals surface area contributed by atoms with Gasteiger partial charge in [0, 0.05) is 0 Å². The predicted octanol–water partition coefficient (Wildman–Crippen LogP) is 2.30. The van der Waals surface area contributed by atoms with Gasteiger partial charge in [0.2, 0.25) is 0 Å². The molecule has 0 fully saturated rings. The second-order valence-corrected chi connectivity index (χ2v) is 4.86. The van der Waals surface area contributed by atoms with Crippen molar-refractivity contribution in [1.29, 1.82) is 0 Å². The molecule has 0 unspecified atom stereocenters. The van der Waals surface area contributed by atoms with E-state index in [4.69, 9.17) is 0 Å². The zero-order valence-electron chi connectivity index (χ0n) is 11.3. The van der Waals surface area contributed by atoms with Crippen molar-refractivity contribution in [2.75, 3.05) is 0 Å². The quantitative estimate of drug-likeness (QED) is 0.734. The standard InChI is InChI=1S/C16H14N2O2/c1-10-6-5-7-11(2)14(10)18-15(19)12-8-3-4-9-13(12)17-16(18)20/h3-9H,1-2H3,(H,17,20). The third-order valence-corrected chi connectivity index (χ3v) is 3.47. The summed E-state index contributed by atoms with van der Waals surface area (Å²) in [5.41, 5.74) is 2.31. The summed E-state index contributed by atoms with van der Waals surface area (Å²) in [5.74, 6) is 0. The maximum Gasteiger partial charge on any atom is 0.333 e. The molecule has 2 aromatic carbocycles. The fourth-order valence-corrected chi connectivity index (χ4v) is 2.52. The molecule has 4 heteroatoms. The van der Waals surface area contributed by atoms with E-state index in [0.29, 0.717) is 16.6 Å². The molecule has 0 amide bonds. The largest absolute Gasteiger partial charge is 0.333 e. The van der Waals surface area contributed by atoms with Crippen molar-refractivity contribution in [3.8, 4) is 5.69 Å². The fourth-order valence-electron chi connectivity index (χ4n) is 2.52. The van der Waals surface area contributed by atoms with E-state index in [2.05, 4.69) is 4.98 Å². The number of rotatable bonds is 1. The van der Waals surface area contributed by atoms with Gasteiger partial charge >= 0.3 is 5.69 Å². The Morgan fingerprint density at radius 2 is 1.55 bits per heavy atom. The van der Waals surface area contributed by atoms with Crippen LogP contribution in [0.2, 0.25) is 0 Å². The Bertz CT molecular complexity index is 899. The number of aryl methyl sites for hydroxylation is 2. The molecule has 0 aliphatic heterocycles. The molecule has 1 aromatic heterocycles. The third kappa shape index (κ3) is 1.77. The highest BCUT2D eigenvalue weighted by atomic mass is 16.2. The number of hydrogen-bond acceptors (Lipinski definition) is 2. The first-order chi connectivity index (χ1) is 9.59. The van der Waals surface area contributed by atoms with Crippen molar-refractivity contribution in [2.45, 2.75) is 13.8 Å². The van der Waals surface area contributed by atoms with Crippen molar-refractivity contribution in [1.82, 2.24) is 9.55 Å². The Morgan fingerprint density at radius 1 is 0.900 bits per heavy atom. The summed E-state index contributed by atoms with van der Waals surface area (Å²) in [7, 11) is 0. The van der Waals surface area contributed by atoms with E-state index in [-0.39, 0.29) is 5.56 Å². The van der Waals surface area contributed by atoms with E-state index in [1.807, 2.05) is 32.0 Å². The van der Waals surface area contributed by atoms with Crippen molar-refractivity contribution >= 4 is 10.9 Å². The van der Waals surface area contributed by atoms with Crippen LogP contribution in [0.25, 0.3) is 16.6 Å². The minimum Gasteiger partial charge on any atom is -0.306 e. The maximum atomic E-state index is 12.6. The van der Waals surface area contributed by atoms with Gasteiger partial charge in [-0.2, -0.15) is 0 Å². The summed E-state index contributed by atoms with van der Waals surface area (Å²) < 4.78 is 1.22. The summed E-state index contributed by atoms with van der Waals surface area (Å²) in [6, 6.07) is 12.7. The summed E-state index contributed by atoms with van der Waals surface area (Å²) in [4.78, 5) is 27.6. The lowest BCUT2D eigenvalue weighted by molar-refractivity contribution is 0.885. The summed E-state index contributed by atoms with van der Waals surface area (Å²) in [6.07, 6.45) is 0. The van der Waals surface area contributed by atoms with Crippen LogP contribution in [0.4, 0.5) is 0 Å². The zero-order chi connectivity index (χ0) is 14.3. The number of fused-ring (bicyclic) bond motifs is 1. The minimum absolute atomic E-state index is 0.290. The van der Waals surface area contributed by atoms with Crippen LogP contribution in [-0.4, -0.2) is 9.55 Å². The van der Waals surface area contributed by atoms with Gasteiger partial charge in [0.1, 0.15) is 0 Å². The molecular weight excluding hydrogens is 252 g/mol. The number of nitrogens with zero attached hydrogens (tertiary/aromatic N) is 1. The topological polar surface area (TPSA) is 54.9 Å². The van der Waals surface area contributed by atoms with Crippen molar-refractivity contribution in [3.63, 3.8) is 0 Å². The number of aromatic nitrogens is 2. The van der Waals surface area contributed by atoms with Gasteiger partial charge in [-0.3, -0.25) is 4.79 Å². The van der Waals surface area contributed by atoms with Gasteiger partial charge in [-0.15, -0.1) is 0 Å². The van der Waals surface area contributed by atoms with E-state index in [1.54, 1.807) is 24.3 Å². The Hall–Kier alpha value is -2.62. The number of aromatic amines is 1. The molecule has 1 N–H and O–H groups in total. The predicted molar refractivity (Wildman–Crippen MR) is 79.6 cm³/mol. The molecule has 0 radical (unpaired) electrons. The SMILES string of the molecule is Cc1cccc(C)c1-n1c(=O)[nH]c2ccccc2c1=O. The summed E-state index contributed by atoms with van der Waals surface area (Å²) in [5, 5.41) is 0.509. The zero-order valence-corrected chi connectivity index (χ0v) is 11.3. The molecule has 0 saturated carbocycles. The smallest absolute Gasteiger partial charge is 0.306 e. The van der Waals surface area contributed by atoms with Crippen LogP contribution in [-0.2, 0) is 0 Å². The molecule has 0 aliphatic rings. The van der Waals surface area contributed by atoms with Crippen molar-refractivity contribution in [2.24, 2.45) is 0 Å². The molecule has 20 heavy (non-hydrogen) atoms. The van der Waals surface area contributed by atoms with Crippen LogP contribution in [0, 0.1) is 13.8 Å². The van der Waals surface area contributed by atoms with Gasteiger partial charge in [0.25, 0.3) is 5.56 Å². The molecule has 0 spiro atoms. The average molecular weight is 266 g/mol. The van der Waals surface area contributed by atoms with Crippen LogP contribution in [0.15, 0.2) is 52.1 Å². The number of para-hydroxylation sites is 2. The second kappa shape index (κ2) is 4.49. The highest BCUT2D eigenvalue weighted by Gasteiger charge is 2.12. The lowest BCUT2D eigenvalue weighted by Crippen LogP contribution is -2.34. The minimum atomic E-state index is -0.411. The van der Waals surface area contributed by atoms with E-state index in [1.165, 1.54) is 4.57 Å². The maximum absolute atomic E-state index is 12.6. The van der Waals surface area contributed by atoms with Crippen LogP contribution in [0.5, 0.6) is 0 Å². The molecule has 0 atom stereocenters. The third-order valence-electron chi connectivity index (χ3n) is 3.47. The average Bonchev–Trinajstić information content (AvgIpc) is 2.42. The van der Waals surface area contributed by atoms with Gasteiger partial charge in [0.05, 0.1) is 16.6 Å². The fraction of sp³-hybridized carbons (Fsp3) is 0.125. The summed E-state index contributed by atoms with van der Waals surface area (Å²) >= 11 is 0. The first-order valence-electron chi connectivity index (χ1n) is 6.40. The second-order valence-electron chi connectivity index (χ2n) is 4.86. The van der Waals surface area contributed by atoms with Gasteiger partial charge < -0.3 is 4.98 Å². The Labute approximate surface area is 115 Å². The van der Waals surface area contributed by atoms with Gasteiger partial charge in [-0.05, 0) is 37.1 Å². The lowest BCUT2D eigenvalue weighted by Gasteiger charge is -2.12. The first-order valence-corrected chi connectivity index (χ1v) is 6.40. The van der Waals surface area contributed by atoms with Crippen molar-refractivity contribution < 1.29 is 0 Å². The molecular formula is C16H14N2O2. The van der Waals surface area contributed by atoms with E-state index in [0.717, 1.165) is 11.1 Å². The summed E-state index contributed by atoms with van der Waals surface area (Å²) in [6.45, 7) is 3.78. The number of nitrogens with one attached hydrogen (secondary N) is 1. The molecule has 1 heterocycles. The number of benzene rings is 2. The van der Waals surface area contributed by atoms with Crippen LogP contribution in [0.1, 0.15) is 11.1 Å². The molecule has 0 bridgehead atoms. The van der Waals surface area contributed by atoms with E-state index in [9.17, 15) is 9.59 Å². The number of H-pyrrole nitrogens is 1. The molecule has 100 valence electrons. The Kier molecular flexibility index (Phi) is 2.79. The molecule has 0 aliphatic carbocycles. The van der Waals surface area contributed by atoms with Crippen molar-refractivity contribution in [3.05, 3.63) is 74.4 Å². The van der Waals surface area contributed by atoms with E-state index < -0.39 is 5.69 Å². The van der Waals surface area contributed by atoms with Gasteiger partial charge in [-0.1, -0.05) is 30.3 Å². The van der Waals surface area contributed by atoms with Gasteiger partial charge in [0.15, 0.2) is 0 Å². The highest BCUT2D eigenvalue weighted by molar-refractivity contribution is 5.77. The van der Waals surface area contributed by atoms with E-state index >= 15 is 0 Å². The van der Waals surface area contributed by atoms with Crippen LogP contribution < -0.4 is 11.2 Å². The van der Waals surface area contributed by atoms with Gasteiger partial charge in [-0.25, -0.2) is 9.36 Å². The normalized spacial score (nSPS) is 10.9. The highest BCUT2D eigenvalue weighted by Crippen LogP contribution is 2.16. The Balaban J connectivity index is 2.50. The Morgan fingerprint density at radius 3 is 2.25 bits per heavy atom. The van der Waals surface area contributed by atoms with Crippen LogP contribution >= 0.6 is 0 Å². The molecule has 3 rings (SSSR count). The molecule has 3 aromatic rings. The number of hydrogen-bond donors (Lipinski definition) is 1. The molecule has 4 nitrogen and oxygen atoms in total. The lowest BCUT2D eigenvalue weighted by atomic mass is 10.1. The molecule has 0 saturated heterocycles. The monoisotopic (exact) mass is 266 g/mol. The van der Waals surface area contributed by atoms with Crippen LogP contribution in [0.3, 0.4) is 0 Å². The first kappa shape index (κ1) is 12.4.